The molecule has 1 atom stereocenters. The van der Waals surface area contributed by atoms with Crippen molar-refractivity contribution in [2.75, 3.05) is 38.2 Å². The molecule has 2 aromatic heterocycles. The van der Waals surface area contributed by atoms with Gasteiger partial charge < -0.3 is 9.64 Å². The molecule has 0 saturated carbocycles. The Morgan fingerprint density at radius 2 is 2.04 bits per heavy atom. The van der Waals surface area contributed by atoms with Crippen LogP contribution in [0.4, 0.5) is 5.95 Å². The molecule has 0 amide bonds. The van der Waals surface area contributed by atoms with Crippen molar-refractivity contribution < 1.29 is 4.74 Å². The van der Waals surface area contributed by atoms with Gasteiger partial charge in [-0.05, 0) is 31.7 Å². The first-order valence-electron chi connectivity index (χ1n) is 8.01. The van der Waals surface area contributed by atoms with E-state index in [1.54, 1.807) is 24.8 Å². The molecule has 6 heteroatoms. The van der Waals surface area contributed by atoms with Crippen molar-refractivity contribution in [2.24, 2.45) is 5.92 Å². The second kappa shape index (κ2) is 5.77. The van der Waals surface area contributed by atoms with E-state index in [0.717, 1.165) is 44.4 Å². The maximum absolute atomic E-state index is 5.88. The zero-order chi connectivity index (χ0) is 15.7. The second-order valence-corrected chi connectivity index (χ2v) is 6.58. The Morgan fingerprint density at radius 3 is 2.78 bits per heavy atom. The normalized spacial score (nSPS) is 23.0. The Morgan fingerprint density at radius 1 is 1.22 bits per heavy atom. The van der Waals surface area contributed by atoms with Gasteiger partial charge in [0.25, 0.3) is 0 Å². The number of hydrogen-bond acceptors (Lipinski definition) is 6. The summed E-state index contributed by atoms with van der Waals surface area (Å²) in [5.74, 6) is 2.24. The van der Waals surface area contributed by atoms with Crippen LogP contribution < -0.4 is 9.64 Å². The van der Waals surface area contributed by atoms with E-state index in [4.69, 9.17) is 4.74 Å². The topological polar surface area (TPSA) is 54.4 Å². The molecule has 23 heavy (non-hydrogen) atoms. The van der Waals surface area contributed by atoms with Gasteiger partial charge in [-0.2, -0.15) is 0 Å². The molecule has 0 aromatic carbocycles. The maximum Gasteiger partial charge on any atom is 0.225 e. The SMILES string of the molecule is CN1C[C@@H](COc2cccnc2)CC12CN(c1ncccn1)C2. The lowest BCUT2D eigenvalue weighted by Crippen LogP contribution is -2.67. The number of anilines is 1. The van der Waals surface area contributed by atoms with Gasteiger partial charge in [0.2, 0.25) is 5.95 Å². The molecule has 0 unspecified atom stereocenters. The minimum Gasteiger partial charge on any atom is -0.492 e. The summed E-state index contributed by atoms with van der Waals surface area (Å²) in [5.41, 5.74) is 0.252. The Labute approximate surface area is 136 Å². The average molecular weight is 311 g/mol. The zero-order valence-corrected chi connectivity index (χ0v) is 13.3. The molecule has 2 aliphatic heterocycles. The predicted molar refractivity (Wildman–Crippen MR) is 87.4 cm³/mol. The summed E-state index contributed by atoms with van der Waals surface area (Å²) in [5, 5.41) is 0. The van der Waals surface area contributed by atoms with E-state index in [0.29, 0.717) is 5.92 Å². The van der Waals surface area contributed by atoms with Crippen molar-refractivity contribution in [3.8, 4) is 5.75 Å². The van der Waals surface area contributed by atoms with Gasteiger partial charge in [0, 0.05) is 44.1 Å². The zero-order valence-electron chi connectivity index (χ0n) is 13.3. The van der Waals surface area contributed by atoms with Crippen LogP contribution in [0.25, 0.3) is 0 Å². The smallest absolute Gasteiger partial charge is 0.225 e. The van der Waals surface area contributed by atoms with E-state index in [1.807, 2.05) is 18.2 Å². The van der Waals surface area contributed by atoms with Crippen LogP contribution in [0.1, 0.15) is 6.42 Å². The van der Waals surface area contributed by atoms with Crippen LogP contribution in [0.2, 0.25) is 0 Å². The average Bonchev–Trinajstić information content (AvgIpc) is 2.90. The van der Waals surface area contributed by atoms with Crippen molar-refractivity contribution in [1.82, 2.24) is 19.9 Å². The quantitative estimate of drug-likeness (QED) is 0.852. The van der Waals surface area contributed by atoms with Gasteiger partial charge in [-0.3, -0.25) is 9.88 Å². The largest absolute Gasteiger partial charge is 0.492 e. The molecule has 4 rings (SSSR count). The number of pyridine rings is 1. The van der Waals surface area contributed by atoms with Crippen LogP contribution in [0.5, 0.6) is 5.75 Å². The van der Waals surface area contributed by atoms with Crippen LogP contribution >= 0.6 is 0 Å². The highest BCUT2D eigenvalue weighted by Crippen LogP contribution is 2.40. The van der Waals surface area contributed by atoms with Gasteiger partial charge in [-0.25, -0.2) is 9.97 Å². The molecule has 0 aliphatic carbocycles. The highest BCUT2D eigenvalue weighted by molar-refractivity contribution is 5.38. The summed E-state index contributed by atoms with van der Waals surface area (Å²) in [7, 11) is 2.22. The van der Waals surface area contributed by atoms with Gasteiger partial charge in [0.1, 0.15) is 5.75 Å². The molecule has 0 bridgehead atoms. The summed E-state index contributed by atoms with van der Waals surface area (Å²) in [6.45, 7) is 3.82. The molecular formula is C17H21N5O. The van der Waals surface area contributed by atoms with Crippen molar-refractivity contribution >= 4 is 5.95 Å². The summed E-state index contributed by atoms with van der Waals surface area (Å²) in [6.07, 6.45) is 8.30. The number of rotatable bonds is 4. The van der Waals surface area contributed by atoms with Gasteiger partial charge in [-0.15, -0.1) is 0 Å². The Kier molecular flexibility index (Phi) is 3.61. The number of likely N-dealkylation sites (tertiary alicyclic amines) is 1. The van der Waals surface area contributed by atoms with E-state index >= 15 is 0 Å². The van der Waals surface area contributed by atoms with E-state index < -0.39 is 0 Å². The fourth-order valence-electron chi connectivity index (χ4n) is 3.73. The van der Waals surface area contributed by atoms with E-state index in [2.05, 4.69) is 31.8 Å². The first-order valence-corrected chi connectivity index (χ1v) is 8.01. The maximum atomic E-state index is 5.88. The van der Waals surface area contributed by atoms with Crippen LogP contribution in [-0.4, -0.2) is 58.7 Å². The van der Waals surface area contributed by atoms with Crippen LogP contribution in [-0.2, 0) is 0 Å². The monoisotopic (exact) mass is 311 g/mol. The molecule has 2 aromatic rings. The summed E-state index contributed by atoms with van der Waals surface area (Å²) in [4.78, 5) is 17.5. The third-order valence-electron chi connectivity index (χ3n) is 4.94. The summed E-state index contributed by atoms with van der Waals surface area (Å²) >= 11 is 0. The Hall–Kier alpha value is -2.21. The third-order valence-corrected chi connectivity index (χ3v) is 4.94. The fraction of sp³-hybridized carbons (Fsp3) is 0.471. The van der Waals surface area contributed by atoms with Gasteiger partial charge in [0.05, 0.1) is 18.3 Å². The number of hydrogen-bond donors (Lipinski definition) is 0. The number of aromatic nitrogens is 3. The Bertz CT molecular complexity index is 645. The molecule has 1 spiro atoms. The standard InChI is InChI=1S/C17H21N5O/c1-21-10-14(11-23-15-4-2-5-18-9-15)8-17(21)12-22(13-17)16-19-6-3-7-20-16/h2-7,9,14H,8,10-13H2,1H3/t14-/m0/s1. The lowest BCUT2D eigenvalue weighted by atomic mass is 9.85. The Balaban J connectivity index is 1.34. The van der Waals surface area contributed by atoms with Crippen LogP contribution in [0.3, 0.4) is 0 Å². The molecule has 0 radical (unpaired) electrons. The third kappa shape index (κ3) is 2.74. The molecule has 2 saturated heterocycles. The van der Waals surface area contributed by atoms with Crippen molar-refractivity contribution in [2.45, 2.75) is 12.0 Å². The van der Waals surface area contributed by atoms with E-state index in [9.17, 15) is 0 Å². The van der Waals surface area contributed by atoms with Gasteiger partial charge in [-0.1, -0.05) is 0 Å². The lowest BCUT2D eigenvalue weighted by Gasteiger charge is -2.51. The van der Waals surface area contributed by atoms with Crippen molar-refractivity contribution in [1.29, 1.82) is 0 Å². The molecule has 2 aliphatic rings. The van der Waals surface area contributed by atoms with Crippen LogP contribution in [0, 0.1) is 5.92 Å². The van der Waals surface area contributed by atoms with Crippen LogP contribution in [0.15, 0.2) is 43.0 Å². The van der Waals surface area contributed by atoms with Gasteiger partial charge in [0.15, 0.2) is 0 Å². The predicted octanol–water partition coefficient (Wildman–Crippen LogP) is 1.46. The van der Waals surface area contributed by atoms with E-state index in [-0.39, 0.29) is 5.54 Å². The molecule has 2 fully saturated rings. The molecule has 6 nitrogen and oxygen atoms in total. The number of nitrogens with zero attached hydrogens (tertiary/aromatic N) is 5. The highest BCUT2D eigenvalue weighted by atomic mass is 16.5. The molecule has 120 valence electrons. The summed E-state index contributed by atoms with van der Waals surface area (Å²) < 4.78 is 5.88. The molecule has 0 N–H and O–H groups in total. The molecule has 4 heterocycles. The number of likely N-dealkylation sites (N-methyl/N-ethyl adjacent to an activating group) is 1. The summed E-state index contributed by atoms with van der Waals surface area (Å²) in [6, 6.07) is 5.72. The lowest BCUT2D eigenvalue weighted by molar-refractivity contribution is 0.131. The second-order valence-electron chi connectivity index (χ2n) is 6.58. The molecular weight excluding hydrogens is 290 g/mol. The fourth-order valence-corrected chi connectivity index (χ4v) is 3.73. The minimum absolute atomic E-state index is 0.252. The van der Waals surface area contributed by atoms with Crippen molar-refractivity contribution in [3.05, 3.63) is 43.0 Å². The minimum atomic E-state index is 0.252. The van der Waals surface area contributed by atoms with Gasteiger partial charge >= 0.3 is 0 Å². The highest BCUT2D eigenvalue weighted by Gasteiger charge is 2.52. The van der Waals surface area contributed by atoms with Crippen molar-refractivity contribution in [3.63, 3.8) is 0 Å². The first-order chi connectivity index (χ1) is 11.3. The van der Waals surface area contributed by atoms with E-state index in [1.165, 1.54) is 0 Å². The number of ether oxygens (including phenoxy) is 1. The first kappa shape index (κ1) is 14.4.